The molecule has 0 atom stereocenters. The van der Waals surface area contributed by atoms with Gasteiger partial charge in [-0.3, -0.25) is 14.7 Å². The number of carbonyl (C=O) groups is 1. The minimum Gasteiger partial charge on any atom is -0.378 e. The van der Waals surface area contributed by atoms with Crippen LogP contribution in [0.1, 0.15) is 17.8 Å². The zero-order chi connectivity index (χ0) is 22.3. The lowest BCUT2D eigenvalue weighted by atomic mass is 10.3. The summed E-state index contributed by atoms with van der Waals surface area (Å²) in [6.07, 6.45) is 0.787. The van der Waals surface area contributed by atoms with E-state index >= 15 is 0 Å². The van der Waals surface area contributed by atoms with Crippen LogP contribution in [0.15, 0.2) is 59.8 Å². The van der Waals surface area contributed by atoms with Crippen molar-refractivity contribution in [2.45, 2.75) is 25.0 Å². The summed E-state index contributed by atoms with van der Waals surface area (Å²) < 4.78 is 1.95. The maximum Gasteiger partial charge on any atom is 0.236 e. The molecule has 0 fully saturated rings. The third-order valence-electron chi connectivity index (χ3n) is 4.36. The molecule has 2 aromatic carbocycles. The van der Waals surface area contributed by atoms with Crippen molar-refractivity contribution in [1.29, 1.82) is 0 Å². The Morgan fingerprint density at radius 3 is 2.56 bits per heavy atom. The third-order valence-corrected chi connectivity index (χ3v) is 6.52. The van der Waals surface area contributed by atoms with Crippen molar-refractivity contribution < 1.29 is 4.79 Å². The number of thioether (sulfide) groups is 1. The molecule has 2 heterocycles. The van der Waals surface area contributed by atoms with Crippen LogP contribution in [-0.4, -0.2) is 36.6 Å². The van der Waals surface area contributed by atoms with Gasteiger partial charge in [0.05, 0.1) is 12.3 Å². The van der Waals surface area contributed by atoms with Gasteiger partial charge in [-0.25, -0.2) is 0 Å². The van der Waals surface area contributed by atoms with Crippen molar-refractivity contribution in [2.75, 3.05) is 16.4 Å². The number of benzene rings is 2. The smallest absolute Gasteiger partial charge is 0.236 e. The largest absolute Gasteiger partial charge is 0.378 e. The minimum atomic E-state index is -0.169. The van der Waals surface area contributed by atoms with E-state index in [-0.39, 0.29) is 11.7 Å². The number of halogens is 1. The van der Waals surface area contributed by atoms with Gasteiger partial charge in [0.1, 0.15) is 5.01 Å². The lowest BCUT2D eigenvalue weighted by Gasteiger charge is -2.11. The summed E-state index contributed by atoms with van der Waals surface area (Å²) in [6, 6.07) is 17.3. The number of rotatable bonds is 9. The highest BCUT2D eigenvalue weighted by Gasteiger charge is 2.16. The number of nitrogens with one attached hydrogen (secondary N) is 2. The molecule has 0 bridgehead atoms. The molecule has 0 unspecified atom stereocenters. The van der Waals surface area contributed by atoms with Gasteiger partial charge in [0, 0.05) is 16.4 Å². The molecule has 11 heteroatoms. The number of para-hydroxylation sites is 1. The zero-order valence-corrected chi connectivity index (χ0v) is 19.5. The van der Waals surface area contributed by atoms with Gasteiger partial charge in [0.2, 0.25) is 11.0 Å². The molecule has 2 N–H and O–H groups in total. The molecule has 0 radical (unpaired) electrons. The number of carbonyl (C=O) groups excluding carboxylic acids is 1. The van der Waals surface area contributed by atoms with Gasteiger partial charge in [-0.1, -0.05) is 59.8 Å². The summed E-state index contributed by atoms with van der Waals surface area (Å²) in [5, 5.41) is 25.5. The molecule has 4 rings (SSSR count). The van der Waals surface area contributed by atoms with Crippen LogP contribution in [-0.2, 0) is 17.8 Å². The maximum absolute atomic E-state index is 12.4. The molecular weight excluding hydrogens is 466 g/mol. The molecule has 32 heavy (non-hydrogen) atoms. The van der Waals surface area contributed by atoms with Gasteiger partial charge in [0.15, 0.2) is 11.0 Å². The maximum atomic E-state index is 12.4. The quantitative estimate of drug-likeness (QED) is 0.332. The van der Waals surface area contributed by atoms with Crippen LogP contribution in [0.3, 0.4) is 0 Å². The fraction of sp³-hybridized carbons (Fsp3) is 0.190. The predicted molar refractivity (Wildman–Crippen MR) is 129 cm³/mol. The molecule has 164 valence electrons. The van der Waals surface area contributed by atoms with Crippen molar-refractivity contribution in [2.24, 2.45) is 0 Å². The van der Waals surface area contributed by atoms with Gasteiger partial charge < -0.3 is 5.32 Å². The van der Waals surface area contributed by atoms with Gasteiger partial charge in [-0.15, -0.1) is 20.4 Å². The zero-order valence-electron chi connectivity index (χ0n) is 17.2. The molecule has 0 aliphatic carbocycles. The highest BCUT2D eigenvalue weighted by molar-refractivity contribution is 7.99. The van der Waals surface area contributed by atoms with E-state index in [2.05, 4.69) is 31.0 Å². The molecular formula is C21H20ClN7OS2. The first-order valence-electron chi connectivity index (χ1n) is 9.86. The summed E-state index contributed by atoms with van der Waals surface area (Å²) in [4.78, 5) is 12.4. The summed E-state index contributed by atoms with van der Waals surface area (Å²) in [5.74, 6) is 0.736. The minimum absolute atomic E-state index is 0.169. The van der Waals surface area contributed by atoms with Crippen molar-refractivity contribution >= 4 is 51.4 Å². The second-order valence-corrected chi connectivity index (χ2v) is 9.06. The first-order valence-corrected chi connectivity index (χ1v) is 12.0. The van der Waals surface area contributed by atoms with E-state index in [1.54, 1.807) is 0 Å². The van der Waals surface area contributed by atoms with Crippen molar-refractivity contribution in [1.82, 2.24) is 25.0 Å². The molecule has 4 aromatic rings. The number of nitrogens with zero attached hydrogens (tertiary/aromatic N) is 5. The average Bonchev–Trinajstić information content (AvgIpc) is 3.44. The van der Waals surface area contributed by atoms with Crippen LogP contribution in [0.25, 0.3) is 5.69 Å². The monoisotopic (exact) mass is 485 g/mol. The normalized spacial score (nSPS) is 10.8. The van der Waals surface area contributed by atoms with Crippen LogP contribution in [0, 0.1) is 0 Å². The van der Waals surface area contributed by atoms with Crippen molar-refractivity contribution in [3.8, 4) is 5.69 Å². The number of aryl methyl sites for hydroxylation is 1. The molecule has 1 amide bonds. The van der Waals surface area contributed by atoms with Crippen LogP contribution >= 0.6 is 34.7 Å². The van der Waals surface area contributed by atoms with Crippen LogP contribution < -0.4 is 10.6 Å². The molecule has 0 saturated heterocycles. The van der Waals surface area contributed by atoms with Crippen LogP contribution in [0.4, 0.5) is 10.8 Å². The Kier molecular flexibility index (Phi) is 7.35. The molecule has 0 aliphatic rings. The van der Waals surface area contributed by atoms with Gasteiger partial charge in [-0.05, 0) is 42.8 Å². The summed E-state index contributed by atoms with van der Waals surface area (Å²) in [5.41, 5.74) is 1.85. The Balaban J connectivity index is 1.47. The number of hydrogen-bond donors (Lipinski definition) is 2. The van der Waals surface area contributed by atoms with Crippen molar-refractivity contribution in [3.63, 3.8) is 0 Å². The van der Waals surface area contributed by atoms with E-state index in [1.165, 1.54) is 23.1 Å². The first-order chi connectivity index (χ1) is 15.6. The van der Waals surface area contributed by atoms with Crippen LogP contribution in [0.5, 0.6) is 0 Å². The second-order valence-electron chi connectivity index (χ2n) is 6.62. The lowest BCUT2D eigenvalue weighted by molar-refractivity contribution is -0.113. The average molecular weight is 486 g/mol. The molecule has 8 nitrogen and oxygen atoms in total. The van der Waals surface area contributed by atoms with E-state index in [1.807, 2.05) is 66.1 Å². The topological polar surface area (TPSA) is 97.6 Å². The van der Waals surface area contributed by atoms with Gasteiger partial charge >= 0.3 is 0 Å². The second kappa shape index (κ2) is 10.6. The molecule has 0 spiro atoms. The Labute approximate surface area is 198 Å². The molecule has 2 aromatic heterocycles. The summed E-state index contributed by atoms with van der Waals surface area (Å²) in [7, 11) is 0. The Morgan fingerprint density at radius 2 is 1.84 bits per heavy atom. The van der Waals surface area contributed by atoms with Crippen molar-refractivity contribution in [3.05, 3.63) is 70.5 Å². The number of amides is 1. The third kappa shape index (κ3) is 5.64. The SMILES string of the molecule is CCc1nnc(NC(=O)CSc2nnc(CNc3ccc(Cl)cc3)n2-c2ccccc2)s1. The number of hydrogen-bond acceptors (Lipinski definition) is 8. The van der Waals surface area contributed by atoms with E-state index in [0.717, 1.165) is 28.6 Å². The Morgan fingerprint density at radius 1 is 1.06 bits per heavy atom. The highest BCUT2D eigenvalue weighted by Crippen LogP contribution is 2.24. The van der Waals surface area contributed by atoms with E-state index in [4.69, 9.17) is 11.6 Å². The fourth-order valence-electron chi connectivity index (χ4n) is 2.83. The fourth-order valence-corrected chi connectivity index (χ4v) is 4.42. The number of aromatic nitrogens is 5. The first kappa shape index (κ1) is 22.3. The Bertz CT molecular complexity index is 1180. The van der Waals surface area contributed by atoms with E-state index in [0.29, 0.717) is 21.9 Å². The highest BCUT2D eigenvalue weighted by atomic mass is 35.5. The molecule has 0 aliphatic heterocycles. The summed E-state index contributed by atoms with van der Waals surface area (Å²) >= 11 is 8.65. The van der Waals surface area contributed by atoms with E-state index < -0.39 is 0 Å². The predicted octanol–water partition coefficient (Wildman–Crippen LogP) is 4.68. The lowest BCUT2D eigenvalue weighted by Crippen LogP contribution is -2.14. The van der Waals surface area contributed by atoms with Gasteiger partial charge in [-0.2, -0.15) is 0 Å². The van der Waals surface area contributed by atoms with Gasteiger partial charge in [0.25, 0.3) is 0 Å². The van der Waals surface area contributed by atoms with Crippen LogP contribution in [0.2, 0.25) is 5.02 Å². The number of anilines is 2. The van der Waals surface area contributed by atoms with E-state index in [9.17, 15) is 4.79 Å². The summed E-state index contributed by atoms with van der Waals surface area (Å²) in [6.45, 7) is 2.46. The Hall–Kier alpha value is -2.95. The standard InChI is InChI=1S/C21H20ClN7OS2/c1-2-19-26-27-20(32-19)24-18(30)13-31-21-28-25-17(29(21)16-6-4-3-5-7-16)12-23-15-10-8-14(22)9-11-15/h3-11,23H,2,12-13H2,1H3,(H,24,27,30). The molecule has 0 saturated carbocycles.